The van der Waals surface area contributed by atoms with Crippen molar-refractivity contribution in [2.75, 3.05) is 25.9 Å². The van der Waals surface area contributed by atoms with E-state index in [0.717, 1.165) is 6.26 Å². The molecule has 0 spiro atoms. The van der Waals surface area contributed by atoms with Crippen molar-refractivity contribution in [2.45, 2.75) is 31.8 Å². The molecule has 0 aliphatic carbocycles. The molecule has 170 valence electrons. The first-order valence-electron chi connectivity index (χ1n) is 10.4. The van der Waals surface area contributed by atoms with E-state index in [-0.39, 0.29) is 18.6 Å². The van der Waals surface area contributed by atoms with Crippen molar-refractivity contribution in [3.8, 4) is 12.3 Å². The van der Waals surface area contributed by atoms with Crippen LogP contribution in [0.4, 0.5) is 0 Å². The highest BCUT2D eigenvalue weighted by Crippen LogP contribution is 2.31. The molecule has 9 heteroatoms. The second-order valence-corrected chi connectivity index (χ2v) is 9.90. The molecule has 2 aromatic rings. The maximum Gasteiger partial charge on any atom is 0.314 e. The first-order chi connectivity index (χ1) is 15.2. The maximum absolute atomic E-state index is 12.4. The summed E-state index contributed by atoms with van der Waals surface area (Å²) < 4.78 is 25.9. The lowest BCUT2D eigenvalue weighted by atomic mass is 9.96. The van der Waals surface area contributed by atoms with Gasteiger partial charge in [-0.05, 0) is 42.0 Å². The molecular weight excluding hydrogens is 428 g/mol. The highest BCUT2D eigenvalue weighted by atomic mass is 32.2. The summed E-state index contributed by atoms with van der Waals surface area (Å²) in [6.07, 6.45) is 7.23. The average molecular weight is 457 g/mol. The minimum Gasteiger partial charge on any atom is -0.296 e. The van der Waals surface area contributed by atoms with E-state index < -0.39 is 21.8 Å². The Morgan fingerprint density at radius 3 is 2.47 bits per heavy atom. The number of hydrogen-bond acceptors (Lipinski definition) is 5. The van der Waals surface area contributed by atoms with E-state index in [0.29, 0.717) is 25.9 Å². The molecule has 1 atom stereocenters. The van der Waals surface area contributed by atoms with Gasteiger partial charge in [0.2, 0.25) is 10.0 Å². The molecular formula is C23H28N4O4S. The van der Waals surface area contributed by atoms with E-state index in [4.69, 9.17) is 6.42 Å². The van der Waals surface area contributed by atoms with Gasteiger partial charge in [-0.1, -0.05) is 42.5 Å². The van der Waals surface area contributed by atoms with Gasteiger partial charge in [-0.15, -0.1) is 6.42 Å². The van der Waals surface area contributed by atoms with Crippen molar-refractivity contribution in [2.24, 2.45) is 0 Å². The Hall–Kier alpha value is -2.93. The highest BCUT2D eigenvalue weighted by molar-refractivity contribution is 7.88. The number of carbonyl (C=O) groups is 2. The molecule has 1 saturated heterocycles. The number of sulfonamides is 1. The number of hydrazine groups is 1. The van der Waals surface area contributed by atoms with Crippen molar-refractivity contribution in [1.29, 1.82) is 0 Å². The molecule has 1 aliphatic heterocycles. The normalized spacial score (nSPS) is 16.4. The highest BCUT2D eigenvalue weighted by Gasteiger charge is 2.33. The molecule has 32 heavy (non-hydrogen) atoms. The molecule has 8 nitrogen and oxygen atoms in total. The van der Waals surface area contributed by atoms with Crippen molar-refractivity contribution < 1.29 is 18.0 Å². The molecule has 0 radical (unpaired) electrons. The van der Waals surface area contributed by atoms with Gasteiger partial charge in [-0.2, -0.15) is 4.31 Å². The lowest BCUT2D eigenvalue weighted by Gasteiger charge is -2.39. The number of terminal acetylenes is 1. The smallest absolute Gasteiger partial charge is 0.296 e. The Morgan fingerprint density at radius 2 is 1.81 bits per heavy atom. The maximum atomic E-state index is 12.4. The SMILES string of the molecule is C#CC(=O)NNC(=O)CN(C1CCN(C(C)c2cccc3ccccc23)CC1)S(C)(=O)=O. The molecule has 3 rings (SSSR count). The van der Waals surface area contributed by atoms with Crippen molar-refractivity contribution in [3.63, 3.8) is 0 Å². The zero-order valence-corrected chi connectivity index (χ0v) is 19.1. The molecule has 2 N–H and O–H groups in total. The van der Waals surface area contributed by atoms with Gasteiger partial charge in [0.05, 0.1) is 12.8 Å². The lowest BCUT2D eigenvalue weighted by Crippen LogP contribution is -2.52. The standard InChI is InChI=1S/C23H28N4O4S/c1-4-22(28)24-25-23(29)16-27(32(3,30)31)19-12-14-26(15-13-19)17(2)20-11-7-9-18-8-5-6-10-21(18)20/h1,5-11,17,19H,12-16H2,2-3H3,(H,24,28)(H,25,29). The summed E-state index contributed by atoms with van der Waals surface area (Å²) in [6.45, 7) is 3.19. The molecule has 0 aromatic heterocycles. The monoisotopic (exact) mass is 456 g/mol. The summed E-state index contributed by atoms with van der Waals surface area (Å²) in [5.74, 6) is 0.352. The average Bonchev–Trinajstić information content (AvgIpc) is 2.79. The topological polar surface area (TPSA) is 98.8 Å². The van der Waals surface area contributed by atoms with Crippen LogP contribution >= 0.6 is 0 Å². The van der Waals surface area contributed by atoms with E-state index in [9.17, 15) is 18.0 Å². The minimum atomic E-state index is -3.62. The zero-order valence-electron chi connectivity index (χ0n) is 18.2. The first kappa shape index (κ1) is 23.7. The lowest BCUT2D eigenvalue weighted by molar-refractivity contribution is -0.126. The van der Waals surface area contributed by atoms with Gasteiger partial charge in [0.15, 0.2) is 0 Å². The van der Waals surface area contributed by atoms with Crippen molar-refractivity contribution in [3.05, 3.63) is 48.0 Å². The summed E-state index contributed by atoms with van der Waals surface area (Å²) in [6, 6.07) is 14.4. The van der Waals surface area contributed by atoms with Gasteiger partial charge in [-0.3, -0.25) is 25.3 Å². The number of carbonyl (C=O) groups excluding carboxylic acids is 2. The molecule has 0 bridgehead atoms. The van der Waals surface area contributed by atoms with Crippen LogP contribution in [0.3, 0.4) is 0 Å². The Morgan fingerprint density at radius 1 is 1.16 bits per heavy atom. The quantitative estimate of drug-likeness (QED) is 0.506. The zero-order chi connectivity index (χ0) is 23.3. The third-order valence-electron chi connectivity index (χ3n) is 5.90. The van der Waals surface area contributed by atoms with E-state index in [2.05, 4.69) is 47.6 Å². The van der Waals surface area contributed by atoms with Gasteiger partial charge < -0.3 is 0 Å². The fourth-order valence-corrected chi connectivity index (χ4v) is 5.34. The molecule has 2 aromatic carbocycles. The van der Waals surface area contributed by atoms with Gasteiger partial charge in [0, 0.05) is 25.2 Å². The summed E-state index contributed by atoms with van der Waals surface area (Å²) in [5.41, 5.74) is 5.43. The second-order valence-electron chi connectivity index (χ2n) is 7.97. The molecule has 1 aliphatic rings. The van der Waals surface area contributed by atoms with E-state index >= 15 is 0 Å². The summed E-state index contributed by atoms with van der Waals surface area (Å²) in [7, 11) is -3.62. The third kappa shape index (κ3) is 5.65. The first-order valence-corrected chi connectivity index (χ1v) is 12.3. The fourth-order valence-electron chi connectivity index (χ4n) is 4.23. The Balaban J connectivity index is 1.66. The van der Waals surface area contributed by atoms with Crippen LogP contribution in [-0.4, -0.2) is 61.4 Å². The van der Waals surface area contributed by atoms with Gasteiger partial charge in [0.25, 0.3) is 5.91 Å². The van der Waals surface area contributed by atoms with Gasteiger partial charge >= 0.3 is 5.91 Å². The van der Waals surface area contributed by atoms with Crippen LogP contribution in [0.15, 0.2) is 42.5 Å². The molecule has 1 fully saturated rings. The minimum absolute atomic E-state index is 0.177. The predicted molar refractivity (Wildman–Crippen MR) is 124 cm³/mol. The number of rotatable bonds is 6. The summed E-state index contributed by atoms with van der Waals surface area (Å²) in [5, 5.41) is 2.41. The van der Waals surface area contributed by atoms with Crippen LogP contribution in [0.2, 0.25) is 0 Å². The number of nitrogens with one attached hydrogen (secondary N) is 2. The Bertz CT molecular complexity index is 1130. The van der Waals surface area contributed by atoms with Gasteiger partial charge in [-0.25, -0.2) is 8.42 Å². The van der Waals surface area contributed by atoms with Crippen LogP contribution in [0, 0.1) is 12.3 Å². The number of likely N-dealkylation sites (tertiary alicyclic amines) is 1. The van der Waals surface area contributed by atoms with E-state index in [1.54, 1.807) is 5.92 Å². The largest absolute Gasteiger partial charge is 0.314 e. The van der Waals surface area contributed by atoms with Crippen LogP contribution in [-0.2, 0) is 19.6 Å². The number of nitrogens with zero attached hydrogens (tertiary/aromatic N) is 2. The summed E-state index contributed by atoms with van der Waals surface area (Å²) in [4.78, 5) is 25.6. The third-order valence-corrected chi connectivity index (χ3v) is 7.18. The number of amides is 2. The Kier molecular flexibility index (Phi) is 7.51. The second kappa shape index (κ2) is 10.1. The number of fused-ring (bicyclic) bond motifs is 1. The van der Waals surface area contributed by atoms with Crippen LogP contribution in [0.25, 0.3) is 10.8 Å². The van der Waals surface area contributed by atoms with Crippen LogP contribution in [0.5, 0.6) is 0 Å². The number of benzene rings is 2. The van der Waals surface area contributed by atoms with E-state index in [1.165, 1.54) is 20.6 Å². The van der Waals surface area contributed by atoms with Gasteiger partial charge in [0.1, 0.15) is 0 Å². The Labute approximate surface area is 189 Å². The molecule has 1 heterocycles. The molecule has 0 saturated carbocycles. The molecule has 2 amide bonds. The number of piperidine rings is 1. The summed E-state index contributed by atoms with van der Waals surface area (Å²) >= 11 is 0. The van der Waals surface area contributed by atoms with Crippen molar-refractivity contribution >= 4 is 32.6 Å². The van der Waals surface area contributed by atoms with E-state index in [1.807, 2.05) is 17.6 Å². The van der Waals surface area contributed by atoms with Crippen molar-refractivity contribution in [1.82, 2.24) is 20.1 Å². The molecule has 1 unspecified atom stereocenters. The fraction of sp³-hybridized carbons (Fsp3) is 0.391. The number of hydrogen-bond donors (Lipinski definition) is 2. The van der Waals surface area contributed by atoms with Crippen LogP contribution < -0.4 is 10.9 Å². The predicted octanol–water partition coefficient (Wildman–Crippen LogP) is 1.41. The van der Waals surface area contributed by atoms with Crippen LogP contribution in [0.1, 0.15) is 31.4 Å².